The molecule has 0 spiro atoms. The Labute approximate surface area is 1360 Å². The van der Waals surface area contributed by atoms with E-state index in [0.29, 0.717) is 0 Å². The van der Waals surface area contributed by atoms with Gasteiger partial charge in [0.2, 0.25) is 0 Å². The second-order valence-corrected chi connectivity index (χ2v) is 1.73. The van der Waals surface area contributed by atoms with Crippen molar-refractivity contribution in [3.05, 3.63) is 0 Å². The Morgan fingerprint density at radius 1 is 0.0723 bits per heavy atom. The van der Waals surface area contributed by atoms with E-state index < -0.39 is 36.6 Å². The van der Waals surface area contributed by atoms with Gasteiger partial charge in [0.1, 0.15) is 0 Å². The van der Waals surface area contributed by atoms with Gasteiger partial charge in [-0.2, -0.15) is 0 Å². The first-order valence-corrected chi connectivity index (χ1v) is 3.87. The second kappa shape index (κ2) is 610. The first-order chi connectivity index (χ1) is 8.66. The summed E-state index contributed by atoms with van der Waals surface area (Å²) in [4.78, 5) is 0. The van der Waals surface area contributed by atoms with Gasteiger partial charge in [-0.25, -0.2) is 0 Å². The van der Waals surface area contributed by atoms with Crippen LogP contribution in [0.1, 0.15) is 89.9 Å². The summed E-state index contributed by atoms with van der Waals surface area (Å²) < 4.78 is 0. The predicted octanol–water partition coefficient (Wildman–Crippen LogP) is -192. The van der Waals surface area contributed by atoms with E-state index in [4.69, 9.17) is 75.4 Å². The van der Waals surface area contributed by atoms with Crippen molar-refractivity contribution in [2.45, 2.75) is 0 Å². The van der Waals surface area contributed by atoms with Crippen LogP contribution < -0.4 is 1190 Å². The van der Waals surface area contributed by atoms with Gasteiger partial charge in [-0.3, -0.25) is 0 Å². The van der Waals surface area contributed by atoms with E-state index in [0.717, 1.165) is 0 Å². The maximum atomic E-state index is 7.17. The third kappa shape index (κ3) is 1180. The molecule has 0 amide bonds. The number of rotatable bonds is 0. The molecule has 15 nitrogen and oxygen atoms in total. The SMILES string of the molecule is OB(O)O.OB(O)O.OB(O)O.OB(O)O.OB(O)O.[H-].[H-].[H-].[H-].[H-].[H-].[H-].[H-].[H-].[H-].[H-].[H-].[H-].[H-].[H-].[H-].[H-].[H-].[H-].[H-].[H-].[H-].[H-].[H-].[H-].[H-].[H-].[H-].[H-].[H-].[H-].[H-].[H-].[H-].[H-].[H-].[H-].[H-].[H-].[H-].[H-].[H-].[H-].[H-].[H-].[H-].[H-].[H-].[H-].[H-].[H-].[H-].[H-].[H-].[H-].[H-].[H-].[H-].[H-].[H-].[H-].[H-].[H-].[Li+].[Li+].[Li+].[Li+].[Li+].[Li+].[Li+].[Li+].[Li+].[Li+].[Li+].[Li+].[Li+].[Li+].[Li+].[Li+].[Li+].[Li+].[Li+].[Li+].[Li+].[Li+].[Li+].[Li+].[Li+].[Li+].[Li+].[Li+].[Li+].[Li+].[Li+].[Li+].[Li+].[Li+].[Li+].[Li+].[Li+].[Li+].[Li+].[Li+].[Li+].[Li+].[Li+].[Li+].[Li+].[Li+].[Li+].[Li+].[Li+].[Li+].[Li+].[Li+].[Li+].[Li+].[Li+].[Li+].[Li+].[Li+].[Li+].[Li+].[Li+].[Li+].[Li+]. The van der Waals surface area contributed by atoms with E-state index >= 15 is 0 Å². The summed E-state index contributed by atoms with van der Waals surface area (Å²) in [5, 5.41) is 108. The third-order valence-corrected chi connectivity index (χ3v) is 0. The van der Waals surface area contributed by atoms with E-state index in [9.17, 15) is 0 Å². The molecule has 0 radical (unpaired) electrons. The fraction of sp³-hybridized carbons (Fsp3) is 0. The van der Waals surface area contributed by atoms with Crippen molar-refractivity contribution in [3.63, 3.8) is 0 Å². The summed E-state index contributed by atoms with van der Waals surface area (Å²) >= 11 is 0. The average molecular weight is 810 g/mol. The molecule has 0 saturated carbocycles. The van der Waals surface area contributed by atoms with Gasteiger partial charge in [0, 0.05) is 0 Å². The van der Waals surface area contributed by atoms with Crippen molar-refractivity contribution in [3.8, 4) is 0 Å². The molecule has 0 aliphatic rings. The molecule has 0 saturated heterocycles. The largest absolute Gasteiger partial charge is 1.00 e. The molecule has 0 aromatic rings. The Balaban J connectivity index is -0.000000000123. The summed E-state index contributed by atoms with van der Waals surface area (Å²) in [6.45, 7) is 0. The summed E-state index contributed by atoms with van der Waals surface area (Å²) in [7, 11) is -10.8. The molecular weight excluding hydrogens is 731 g/mol. The van der Waals surface area contributed by atoms with Gasteiger partial charge in [-0.15, -0.1) is 0 Å². The molecule has 0 rings (SSSR count). The van der Waals surface area contributed by atoms with E-state index in [1.54, 1.807) is 0 Å². The molecule has 0 aliphatic heterocycles. The van der Waals surface area contributed by atoms with Gasteiger partial charge in [0.05, 0.1) is 0 Å². The predicted molar refractivity (Wildman–Crippen MR) is 132 cm³/mol. The Bertz CT molecular complexity index is 285. The van der Waals surface area contributed by atoms with Gasteiger partial charge < -0.3 is 165 Å². The minimum Gasteiger partial charge on any atom is -1.00 e. The van der Waals surface area contributed by atoms with Crippen LogP contribution in [0.25, 0.3) is 0 Å². The van der Waals surface area contributed by atoms with Crippen molar-refractivity contribution >= 4 is 36.6 Å². The fourth-order valence-corrected chi connectivity index (χ4v) is 0. The zero-order valence-electron chi connectivity index (χ0n) is 136. The Morgan fingerprint density at radius 2 is 0.0723 bits per heavy atom. The van der Waals surface area contributed by atoms with Crippen LogP contribution in [0, 0.1) is 0 Å². The van der Waals surface area contributed by atoms with Crippen LogP contribution in [-0.2, 0) is 0 Å². The molecular formula is H78B5Li63O15. The second-order valence-electron chi connectivity index (χ2n) is 1.73. The van der Waals surface area contributed by atoms with Gasteiger partial charge >= 0.3 is 1220 Å². The van der Waals surface area contributed by atoms with E-state index in [2.05, 4.69) is 0 Å². The van der Waals surface area contributed by atoms with Crippen LogP contribution in [0.4, 0.5) is 0 Å². The molecule has 0 heterocycles. The molecule has 246 valence electrons. The van der Waals surface area contributed by atoms with Gasteiger partial charge in [-0.1, -0.05) is 0 Å². The van der Waals surface area contributed by atoms with Crippen molar-refractivity contribution in [1.29, 1.82) is 0 Å². The quantitative estimate of drug-likeness (QED) is 0.101. The molecule has 15 N–H and O–H groups in total. The first kappa shape index (κ1) is 625. The van der Waals surface area contributed by atoms with Crippen molar-refractivity contribution < 1.29 is 1350 Å². The molecule has 0 bridgehead atoms. The Morgan fingerprint density at radius 3 is 0.0723 bits per heavy atom. The molecule has 0 atom stereocenters. The van der Waals surface area contributed by atoms with Crippen LogP contribution >= 0.6 is 0 Å². The Kier molecular flexibility index (Phi) is 4600. The smallest absolute Gasteiger partial charge is 1.00 e. The van der Waals surface area contributed by atoms with Crippen molar-refractivity contribution in [2.24, 2.45) is 0 Å². The maximum absolute atomic E-state index is 7.17. The standard InChI is InChI=1S/5BH3O3.63Li.63H/c5*2-1(3)4;;;;;;;;;;;;;;;;;;;;;;;;;;;;;;;;;;;;;;;;;;;;;;;;;;;;;;;;;;;;;;;;;;;;;;;;;;;;;;;;;;;;;;;;;;;;;;;;;;;;;;;;;;;;;;;;;;;;;;;;;;;;;;/h5*2-4H;;;;;;;;;;;;;;;;;;;;;;;;;;;;;;;;;;;;;;;;;;;;;;;;;;;;;;;;;;;;;;;;;;;;;;;;;;;;;;;;;;;;;;;;;;;;;;;;;;;;;;;;;;;;;;;;;;;;;;;;;;;;;;/q;;;;;63*+1;63*-1. The summed E-state index contributed by atoms with van der Waals surface area (Å²) in [6, 6.07) is 0. The van der Waals surface area contributed by atoms with Crippen LogP contribution in [-0.4, -0.2) is 112 Å². The summed E-state index contributed by atoms with van der Waals surface area (Å²) in [5.74, 6) is 0. The van der Waals surface area contributed by atoms with Gasteiger partial charge in [-0.05, 0) is 0 Å². The first-order valence-electron chi connectivity index (χ1n) is 3.87. The topological polar surface area (TPSA) is 303 Å². The molecule has 0 fully saturated rings. The monoisotopic (exact) mass is 816 g/mol. The number of hydrogen-bond donors (Lipinski definition) is 15. The normalized spacial score (nSPS) is 1.63. The zero-order chi connectivity index (χ0) is 17.9. The minimum absolute atomic E-state index is 0. The molecule has 0 unspecified atom stereocenters. The van der Waals surface area contributed by atoms with Crippen molar-refractivity contribution in [1.82, 2.24) is 0 Å². The Hall–Kier alpha value is 37.4. The summed E-state index contributed by atoms with van der Waals surface area (Å²) in [6.07, 6.45) is 0. The van der Waals surface area contributed by atoms with Crippen molar-refractivity contribution in [2.75, 3.05) is 0 Å². The van der Waals surface area contributed by atoms with Gasteiger partial charge in [0.25, 0.3) is 0 Å². The molecule has 0 aromatic heterocycles. The average Bonchev–Trinajstić information content (AvgIpc) is 1.94. The summed E-state index contributed by atoms with van der Waals surface area (Å²) in [5.41, 5.74) is 0. The van der Waals surface area contributed by atoms with E-state index in [-0.39, 0.29) is 1280 Å². The van der Waals surface area contributed by atoms with E-state index in [1.165, 1.54) is 0 Å². The zero-order valence-corrected chi connectivity index (χ0v) is 72.6. The van der Waals surface area contributed by atoms with Crippen LogP contribution in [0.5, 0.6) is 0 Å². The van der Waals surface area contributed by atoms with E-state index in [1.807, 2.05) is 0 Å². The minimum atomic E-state index is -2.17. The fourth-order valence-electron chi connectivity index (χ4n) is 0. The molecule has 0 aromatic carbocycles. The van der Waals surface area contributed by atoms with Crippen LogP contribution in [0.3, 0.4) is 0 Å². The number of hydrogen-bond acceptors (Lipinski definition) is 15. The third-order valence-electron chi connectivity index (χ3n) is 0. The molecule has 83 heteroatoms. The van der Waals surface area contributed by atoms with Crippen LogP contribution in [0.15, 0.2) is 0 Å². The molecule has 83 heavy (non-hydrogen) atoms. The van der Waals surface area contributed by atoms with Gasteiger partial charge in [0.15, 0.2) is 0 Å². The molecule has 0 aliphatic carbocycles. The van der Waals surface area contributed by atoms with Crippen LogP contribution in [0.2, 0.25) is 0 Å². The maximum Gasteiger partial charge on any atom is 1.00 e.